The number of benzene rings is 1. The molecule has 1 aliphatic rings. The molecular weight excluding hydrogens is 505 g/mol. The zero-order valence-electron chi connectivity index (χ0n) is 22.6. The SMILES string of the molecule is COCCCNc1nccc(-c2[nH]c(CC3OCC(C(=O)NCCN(C)C)CO3)nc2-c2ccc(F)cc2)n1. The number of rotatable bonds is 13. The lowest BCUT2D eigenvalue weighted by atomic mass is 10.1. The Bertz CT molecular complexity index is 1200. The summed E-state index contributed by atoms with van der Waals surface area (Å²) in [5, 5.41) is 6.11. The molecule has 1 saturated heterocycles. The quantitative estimate of drug-likeness (QED) is 0.280. The van der Waals surface area contributed by atoms with Gasteiger partial charge in [0.15, 0.2) is 6.29 Å². The lowest BCUT2D eigenvalue weighted by Crippen LogP contribution is -2.43. The van der Waals surface area contributed by atoms with E-state index in [9.17, 15) is 9.18 Å². The summed E-state index contributed by atoms with van der Waals surface area (Å²) in [5.41, 5.74) is 2.68. The molecular formula is C27H36FN7O4. The monoisotopic (exact) mass is 541 g/mol. The lowest BCUT2D eigenvalue weighted by molar-refractivity contribution is -0.200. The molecule has 3 aromatic rings. The van der Waals surface area contributed by atoms with Crippen LogP contribution in [0.5, 0.6) is 0 Å². The Morgan fingerprint density at radius 2 is 1.92 bits per heavy atom. The summed E-state index contributed by atoms with van der Waals surface area (Å²) in [4.78, 5) is 31.5. The minimum absolute atomic E-state index is 0.0791. The second-order valence-corrected chi connectivity index (χ2v) is 9.54. The molecule has 11 nitrogen and oxygen atoms in total. The summed E-state index contributed by atoms with van der Waals surface area (Å²) < 4.78 is 30.4. The minimum atomic E-state index is -0.556. The summed E-state index contributed by atoms with van der Waals surface area (Å²) in [6.45, 7) is 3.17. The van der Waals surface area contributed by atoms with Gasteiger partial charge in [0.05, 0.1) is 42.6 Å². The van der Waals surface area contributed by atoms with Gasteiger partial charge in [0.1, 0.15) is 11.6 Å². The Hall–Kier alpha value is -3.45. The van der Waals surface area contributed by atoms with Crippen molar-refractivity contribution in [2.24, 2.45) is 5.92 Å². The Labute approximate surface area is 227 Å². The highest BCUT2D eigenvalue weighted by Crippen LogP contribution is 2.30. The highest BCUT2D eigenvalue weighted by molar-refractivity contribution is 5.79. The van der Waals surface area contributed by atoms with Crippen molar-refractivity contribution in [3.8, 4) is 22.6 Å². The van der Waals surface area contributed by atoms with E-state index in [0.29, 0.717) is 55.0 Å². The zero-order chi connectivity index (χ0) is 27.6. The number of hydrogen-bond donors (Lipinski definition) is 3. The van der Waals surface area contributed by atoms with Gasteiger partial charge in [-0.2, -0.15) is 0 Å². The van der Waals surface area contributed by atoms with Crippen LogP contribution in [0.3, 0.4) is 0 Å². The molecule has 3 heterocycles. The van der Waals surface area contributed by atoms with Crippen LogP contribution in [0.15, 0.2) is 36.5 Å². The van der Waals surface area contributed by atoms with E-state index in [0.717, 1.165) is 18.5 Å². The molecule has 3 N–H and O–H groups in total. The maximum Gasteiger partial charge on any atom is 0.227 e. The van der Waals surface area contributed by atoms with Gasteiger partial charge >= 0.3 is 0 Å². The van der Waals surface area contributed by atoms with Crippen LogP contribution in [0.2, 0.25) is 0 Å². The van der Waals surface area contributed by atoms with E-state index < -0.39 is 6.29 Å². The van der Waals surface area contributed by atoms with Gasteiger partial charge in [0.25, 0.3) is 0 Å². The first kappa shape index (κ1) is 28.6. The Morgan fingerprint density at radius 3 is 2.64 bits per heavy atom. The van der Waals surface area contributed by atoms with Crippen LogP contribution in [-0.2, 0) is 25.4 Å². The molecule has 0 unspecified atom stereocenters. The zero-order valence-corrected chi connectivity index (χ0v) is 22.6. The van der Waals surface area contributed by atoms with Gasteiger partial charge in [0, 0.05) is 45.1 Å². The van der Waals surface area contributed by atoms with Crippen LogP contribution in [0, 0.1) is 11.7 Å². The van der Waals surface area contributed by atoms with Gasteiger partial charge in [-0.3, -0.25) is 4.79 Å². The van der Waals surface area contributed by atoms with Gasteiger partial charge in [-0.15, -0.1) is 0 Å². The lowest BCUT2D eigenvalue weighted by Gasteiger charge is -2.28. The molecule has 0 spiro atoms. The molecule has 2 aromatic heterocycles. The average Bonchev–Trinajstić information content (AvgIpc) is 3.35. The smallest absolute Gasteiger partial charge is 0.227 e. The third-order valence-electron chi connectivity index (χ3n) is 6.15. The van der Waals surface area contributed by atoms with Crippen molar-refractivity contribution in [3.63, 3.8) is 0 Å². The molecule has 39 heavy (non-hydrogen) atoms. The fourth-order valence-corrected chi connectivity index (χ4v) is 4.04. The number of aromatic nitrogens is 4. The number of nitrogens with zero attached hydrogens (tertiary/aromatic N) is 4. The number of aromatic amines is 1. The van der Waals surface area contributed by atoms with Crippen molar-refractivity contribution >= 4 is 11.9 Å². The largest absolute Gasteiger partial charge is 0.385 e. The van der Waals surface area contributed by atoms with Gasteiger partial charge in [-0.05, 0) is 50.8 Å². The number of carbonyl (C=O) groups is 1. The summed E-state index contributed by atoms with van der Waals surface area (Å²) >= 11 is 0. The molecule has 1 aromatic carbocycles. The number of hydrogen-bond acceptors (Lipinski definition) is 9. The summed E-state index contributed by atoms with van der Waals surface area (Å²) in [7, 11) is 5.57. The van der Waals surface area contributed by atoms with Crippen LogP contribution < -0.4 is 10.6 Å². The number of H-pyrrole nitrogens is 1. The van der Waals surface area contributed by atoms with Gasteiger partial charge in [0.2, 0.25) is 11.9 Å². The predicted molar refractivity (Wildman–Crippen MR) is 144 cm³/mol. The van der Waals surface area contributed by atoms with Crippen LogP contribution >= 0.6 is 0 Å². The first-order valence-electron chi connectivity index (χ1n) is 13.0. The van der Waals surface area contributed by atoms with Crippen LogP contribution in [0.1, 0.15) is 12.2 Å². The van der Waals surface area contributed by atoms with Crippen molar-refractivity contribution in [2.75, 3.05) is 66.0 Å². The number of likely N-dealkylation sites (N-methyl/N-ethyl adjacent to an activating group) is 1. The minimum Gasteiger partial charge on any atom is -0.385 e. The van der Waals surface area contributed by atoms with E-state index in [2.05, 4.69) is 25.6 Å². The Balaban J connectivity index is 1.46. The number of imidazole rings is 1. The maximum atomic E-state index is 13.6. The average molecular weight is 542 g/mol. The van der Waals surface area contributed by atoms with Crippen LogP contribution in [0.4, 0.5) is 10.3 Å². The molecule has 12 heteroatoms. The third-order valence-corrected chi connectivity index (χ3v) is 6.15. The highest BCUT2D eigenvalue weighted by atomic mass is 19.1. The van der Waals surface area contributed by atoms with E-state index in [4.69, 9.17) is 19.2 Å². The Kier molecular flexibility index (Phi) is 10.3. The van der Waals surface area contributed by atoms with E-state index in [1.807, 2.05) is 19.0 Å². The highest BCUT2D eigenvalue weighted by Gasteiger charge is 2.29. The molecule has 210 valence electrons. The number of ether oxygens (including phenoxy) is 3. The standard InChI is InChI=1S/C27H36FN7O4/c1-35(2)13-12-29-26(36)19-16-38-23(39-17-19)15-22-33-24(18-5-7-20(28)8-6-18)25(34-22)21-9-11-31-27(32-21)30-10-4-14-37-3/h5-9,11,19,23H,4,10,12-17H2,1-3H3,(H,29,36)(H,33,34)(H,30,31,32). The molecule has 1 amide bonds. The van der Waals surface area contributed by atoms with Crippen molar-refractivity contribution in [3.05, 3.63) is 48.2 Å². The number of amides is 1. The fraction of sp³-hybridized carbons (Fsp3) is 0.481. The third kappa shape index (κ3) is 8.27. The van der Waals surface area contributed by atoms with E-state index >= 15 is 0 Å². The molecule has 4 rings (SSSR count). The molecule has 0 aliphatic carbocycles. The van der Waals surface area contributed by atoms with Crippen molar-refractivity contribution < 1.29 is 23.4 Å². The van der Waals surface area contributed by atoms with E-state index in [1.165, 1.54) is 12.1 Å². The van der Waals surface area contributed by atoms with E-state index in [-0.39, 0.29) is 30.9 Å². The molecule has 0 saturated carbocycles. The van der Waals surface area contributed by atoms with Crippen LogP contribution in [0.25, 0.3) is 22.6 Å². The van der Waals surface area contributed by atoms with Gasteiger partial charge in [-0.1, -0.05) is 0 Å². The first-order valence-corrected chi connectivity index (χ1v) is 13.0. The fourth-order valence-electron chi connectivity index (χ4n) is 4.04. The predicted octanol–water partition coefficient (Wildman–Crippen LogP) is 2.33. The summed E-state index contributed by atoms with van der Waals surface area (Å²) in [5.74, 6) is 0.339. The molecule has 1 aliphatic heterocycles. The summed E-state index contributed by atoms with van der Waals surface area (Å²) in [6, 6.07) is 7.94. The van der Waals surface area contributed by atoms with Crippen molar-refractivity contribution in [2.45, 2.75) is 19.1 Å². The molecule has 1 fully saturated rings. The summed E-state index contributed by atoms with van der Waals surface area (Å²) in [6.07, 6.45) is 2.28. The second-order valence-electron chi connectivity index (χ2n) is 9.54. The van der Waals surface area contributed by atoms with Crippen molar-refractivity contribution in [1.29, 1.82) is 0 Å². The maximum absolute atomic E-state index is 13.6. The van der Waals surface area contributed by atoms with Crippen molar-refractivity contribution in [1.82, 2.24) is 30.2 Å². The number of nitrogens with one attached hydrogen (secondary N) is 3. The van der Waals surface area contributed by atoms with Gasteiger partial charge < -0.3 is 34.7 Å². The van der Waals surface area contributed by atoms with Crippen LogP contribution in [-0.4, -0.2) is 97.7 Å². The molecule has 0 radical (unpaired) electrons. The second kappa shape index (κ2) is 14.1. The number of anilines is 1. The molecule has 0 atom stereocenters. The number of methoxy groups -OCH3 is 1. The first-order chi connectivity index (χ1) is 18.9. The number of carbonyl (C=O) groups excluding carboxylic acids is 1. The number of halogens is 1. The Morgan fingerprint density at radius 1 is 1.15 bits per heavy atom. The molecule has 0 bridgehead atoms. The topological polar surface area (TPSA) is 127 Å². The van der Waals surface area contributed by atoms with E-state index in [1.54, 1.807) is 31.5 Å². The normalized spacial score (nSPS) is 17.4. The van der Waals surface area contributed by atoms with Gasteiger partial charge in [-0.25, -0.2) is 19.3 Å².